The van der Waals surface area contributed by atoms with Crippen LogP contribution in [0.15, 0.2) is 30.7 Å². The molecule has 2 aromatic rings. The highest BCUT2D eigenvalue weighted by Crippen LogP contribution is 2.17. The zero-order valence-electron chi connectivity index (χ0n) is 6.98. The number of hydrogen-bond acceptors (Lipinski definition) is 3. The van der Waals surface area contributed by atoms with Crippen molar-refractivity contribution in [2.75, 3.05) is 0 Å². The lowest BCUT2D eigenvalue weighted by atomic mass is 10.2. The smallest absolute Gasteiger partial charge is 0.129 e. The molecule has 0 bridgehead atoms. The van der Waals surface area contributed by atoms with Crippen LogP contribution in [0, 0.1) is 3.70 Å². The molecule has 14 heavy (non-hydrogen) atoms. The van der Waals surface area contributed by atoms with Gasteiger partial charge in [0.15, 0.2) is 0 Å². The summed E-state index contributed by atoms with van der Waals surface area (Å²) in [7, 11) is 0. The van der Waals surface area contributed by atoms with Gasteiger partial charge in [-0.25, -0.2) is 15.0 Å². The highest BCUT2D eigenvalue weighted by atomic mass is 127. The average molecular weight is 318 g/mol. The first-order chi connectivity index (χ1) is 6.75. The van der Waals surface area contributed by atoms with Crippen molar-refractivity contribution in [3.63, 3.8) is 0 Å². The molecule has 2 aromatic heterocycles. The molecule has 0 atom stereocenters. The Hall–Kier alpha value is -0.750. The van der Waals surface area contributed by atoms with Crippen molar-refractivity contribution < 1.29 is 0 Å². The first kappa shape index (κ1) is 9.79. The number of pyridine rings is 1. The molecule has 0 spiro atoms. The van der Waals surface area contributed by atoms with Gasteiger partial charge in [-0.3, -0.25) is 0 Å². The molecule has 5 heteroatoms. The van der Waals surface area contributed by atoms with E-state index in [9.17, 15) is 0 Å². The first-order valence-corrected chi connectivity index (χ1v) is 5.31. The van der Waals surface area contributed by atoms with E-state index in [2.05, 4.69) is 37.5 Å². The third kappa shape index (κ3) is 2.19. The fraction of sp³-hybridized carbons (Fsp3) is 0. The Balaban J connectivity index is 2.44. The molecule has 0 unspecified atom stereocenters. The van der Waals surface area contributed by atoms with Crippen molar-refractivity contribution in [1.29, 1.82) is 0 Å². The van der Waals surface area contributed by atoms with Gasteiger partial charge in [0.1, 0.15) is 15.2 Å². The summed E-state index contributed by atoms with van der Waals surface area (Å²) >= 11 is 7.83. The van der Waals surface area contributed by atoms with Crippen LogP contribution in [0.4, 0.5) is 0 Å². The van der Waals surface area contributed by atoms with Crippen molar-refractivity contribution in [1.82, 2.24) is 15.0 Å². The molecule has 0 N–H and O–H groups in total. The minimum absolute atomic E-state index is 0.484. The predicted molar refractivity (Wildman–Crippen MR) is 63.0 cm³/mol. The van der Waals surface area contributed by atoms with Crippen LogP contribution in [-0.4, -0.2) is 15.0 Å². The highest BCUT2D eigenvalue weighted by molar-refractivity contribution is 14.1. The summed E-state index contributed by atoms with van der Waals surface area (Å²) < 4.78 is 0.905. The summed E-state index contributed by atoms with van der Waals surface area (Å²) in [6.45, 7) is 0. The molecule has 2 heterocycles. The lowest BCUT2D eigenvalue weighted by Gasteiger charge is -1.99. The van der Waals surface area contributed by atoms with Gasteiger partial charge < -0.3 is 0 Å². The van der Waals surface area contributed by atoms with Crippen LogP contribution >= 0.6 is 34.2 Å². The minimum Gasteiger partial charge on any atom is -0.244 e. The van der Waals surface area contributed by atoms with E-state index in [0.29, 0.717) is 5.15 Å². The molecule has 0 saturated carbocycles. The molecule has 0 aliphatic heterocycles. The van der Waals surface area contributed by atoms with Crippen LogP contribution in [0.1, 0.15) is 0 Å². The summed E-state index contributed by atoms with van der Waals surface area (Å²) in [6, 6.07) is 5.52. The molecule has 0 aliphatic carbocycles. The van der Waals surface area contributed by atoms with Crippen LogP contribution in [-0.2, 0) is 0 Å². The number of nitrogens with zero attached hydrogens (tertiary/aromatic N) is 3. The van der Waals surface area contributed by atoms with E-state index in [1.807, 2.05) is 12.1 Å². The van der Waals surface area contributed by atoms with Gasteiger partial charge in [-0.05, 0) is 40.8 Å². The Kier molecular flexibility index (Phi) is 2.93. The maximum Gasteiger partial charge on any atom is 0.129 e. The zero-order valence-corrected chi connectivity index (χ0v) is 9.90. The first-order valence-electron chi connectivity index (χ1n) is 3.85. The largest absolute Gasteiger partial charge is 0.244 e. The van der Waals surface area contributed by atoms with Gasteiger partial charge in [0, 0.05) is 11.8 Å². The summed E-state index contributed by atoms with van der Waals surface area (Å²) in [6.07, 6.45) is 3.23. The van der Waals surface area contributed by atoms with E-state index in [1.54, 1.807) is 12.3 Å². The van der Waals surface area contributed by atoms with Crippen molar-refractivity contribution in [2.24, 2.45) is 0 Å². The standard InChI is InChI=1S/C9H5ClIN3/c10-8-2-1-6(4-12-8)7-3-9(11)14-5-13-7/h1-5H. The van der Waals surface area contributed by atoms with E-state index in [1.165, 1.54) is 6.33 Å². The molecule has 70 valence electrons. The van der Waals surface area contributed by atoms with Crippen LogP contribution in [0.25, 0.3) is 11.3 Å². The maximum atomic E-state index is 5.69. The van der Waals surface area contributed by atoms with E-state index >= 15 is 0 Å². The van der Waals surface area contributed by atoms with Crippen molar-refractivity contribution in [3.8, 4) is 11.3 Å². The summed E-state index contributed by atoms with van der Waals surface area (Å²) in [4.78, 5) is 12.1. The van der Waals surface area contributed by atoms with Gasteiger partial charge in [-0.2, -0.15) is 0 Å². The van der Waals surface area contributed by atoms with Gasteiger partial charge in [0.2, 0.25) is 0 Å². The molecule has 2 rings (SSSR count). The third-order valence-corrected chi connectivity index (χ3v) is 2.47. The molecule has 3 nitrogen and oxygen atoms in total. The van der Waals surface area contributed by atoms with Gasteiger partial charge in [0.25, 0.3) is 0 Å². The van der Waals surface area contributed by atoms with E-state index < -0.39 is 0 Å². The fourth-order valence-electron chi connectivity index (χ4n) is 1.02. The second-order valence-electron chi connectivity index (χ2n) is 2.60. The quantitative estimate of drug-likeness (QED) is 0.461. The molecule has 0 aromatic carbocycles. The molecule has 0 radical (unpaired) electrons. The van der Waals surface area contributed by atoms with Crippen molar-refractivity contribution in [2.45, 2.75) is 0 Å². The van der Waals surface area contributed by atoms with Gasteiger partial charge in [-0.15, -0.1) is 0 Å². The number of rotatable bonds is 1. The molecule has 0 aliphatic rings. The Morgan fingerprint density at radius 3 is 2.64 bits per heavy atom. The topological polar surface area (TPSA) is 38.7 Å². The van der Waals surface area contributed by atoms with Crippen molar-refractivity contribution in [3.05, 3.63) is 39.6 Å². The number of aromatic nitrogens is 3. The van der Waals surface area contributed by atoms with Crippen LogP contribution in [0.5, 0.6) is 0 Å². The van der Waals surface area contributed by atoms with Gasteiger partial charge in [0.05, 0.1) is 5.69 Å². The minimum atomic E-state index is 0.484. The normalized spacial score (nSPS) is 10.1. The van der Waals surface area contributed by atoms with E-state index in [4.69, 9.17) is 11.6 Å². The molecular weight excluding hydrogens is 312 g/mol. The second-order valence-corrected chi connectivity index (χ2v) is 4.09. The highest BCUT2D eigenvalue weighted by Gasteiger charge is 2.00. The monoisotopic (exact) mass is 317 g/mol. The van der Waals surface area contributed by atoms with Crippen LogP contribution < -0.4 is 0 Å². The maximum absolute atomic E-state index is 5.69. The molecule has 0 fully saturated rings. The average Bonchev–Trinajstić information content (AvgIpc) is 2.19. The molecule has 0 saturated heterocycles. The predicted octanol–water partition coefficient (Wildman–Crippen LogP) is 2.80. The summed E-state index contributed by atoms with van der Waals surface area (Å²) in [5, 5.41) is 0.484. The Morgan fingerprint density at radius 1 is 1.14 bits per heavy atom. The summed E-state index contributed by atoms with van der Waals surface area (Å²) in [5.41, 5.74) is 1.79. The van der Waals surface area contributed by atoms with E-state index in [0.717, 1.165) is 15.0 Å². The van der Waals surface area contributed by atoms with Gasteiger partial charge in [-0.1, -0.05) is 11.6 Å². The SMILES string of the molecule is Clc1ccc(-c2cc(I)ncn2)cn1. The van der Waals surface area contributed by atoms with E-state index in [-0.39, 0.29) is 0 Å². The molecular formula is C9H5ClIN3. The zero-order chi connectivity index (χ0) is 9.97. The Morgan fingerprint density at radius 2 is 2.00 bits per heavy atom. The Bertz CT molecular complexity index is 444. The number of halogens is 2. The summed E-state index contributed by atoms with van der Waals surface area (Å²) in [5.74, 6) is 0. The van der Waals surface area contributed by atoms with Crippen LogP contribution in [0.2, 0.25) is 5.15 Å². The van der Waals surface area contributed by atoms with Crippen LogP contribution in [0.3, 0.4) is 0 Å². The third-order valence-electron chi connectivity index (χ3n) is 1.66. The Labute approximate surface area is 99.7 Å². The van der Waals surface area contributed by atoms with Gasteiger partial charge >= 0.3 is 0 Å². The number of hydrogen-bond donors (Lipinski definition) is 0. The van der Waals surface area contributed by atoms with Crippen molar-refractivity contribution >= 4 is 34.2 Å². The lowest BCUT2D eigenvalue weighted by molar-refractivity contribution is 1.14. The second kappa shape index (κ2) is 4.18. The fourth-order valence-corrected chi connectivity index (χ4v) is 1.55. The lowest BCUT2D eigenvalue weighted by Crippen LogP contribution is -1.88. The molecule has 0 amide bonds.